The third kappa shape index (κ3) is 5.71. The molecule has 2 aromatic rings. The number of nitrogens with one attached hydrogen (secondary N) is 2. The van der Waals surface area contributed by atoms with Crippen molar-refractivity contribution in [3.63, 3.8) is 0 Å². The van der Waals surface area contributed by atoms with Gasteiger partial charge in [-0.1, -0.05) is 55.1 Å². The molecule has 25 heavy (non-hydrogen) atoms. The summed E-state index contributed by atoms with van der Waals surface area (Å²) in [6.07, 6.45) is 1.04. The van der Waals surface area contributed by atoms with Gasteiger partial charge in [0.15, 0.2) is 4.34 Å². The minimum absolute atomic E-state index is 0.0191. The summed E-state index contributed by atoms with van der Waals surface area (Å²) in [6.45, 7) is 10.3. The predicted octanol–water partition coefficient (Wildman–Crippen LogP) is 4.99. The Hall–Kier alpha value is -1.60. The molecule has 2 atom stereocenters. The molecule has 1 heterocycles. The number of carbonyl (C=O) groups is 1. The fourth-order valence-electron chi connectivity index (χ4n) is 2.26. The monoisotopic (exact) mass is 378 g/mol. The van der Waals surface area contributed by atoms with Gasteiger partial charge in [0, 0.05) is 11.7 Å². The van der Waals surface area contributed by atoms with Crippen molar-refractivity contribution in [2.45, 2.75) is 62.6 Å². The van der Waals surface area contributed by atoms with Gasteiger partial charge < -0.3 is 10.6 Å². The van der Waals surface area contributed by atoms with Crippen LogP contribution in [0.15, 0.2) is 28.6 Å². The molecular formula is C18H26N4OS2. The minimum Gasteiger partial charge on any atom is -0.358 e. The van der Waals surface area contributed by atoms with Crippen LogP contribution in [0.3, 0.4) is 0 Å². The maximum absolute atomic E-state index is 12.6. The van der Waals surface area contributed by atoms with Gasteiger partial charge in [0.05, 0.1) is 5.25 Å². The second kappa shape index (κ2) is 9.20. The van der Waals surface area contributed by atoms with Crippen molar-refractivity contribution in [1.82, 2.24) is 10.2 Å². The summed E-state index contributed by atoms with van der Waals surface area (Å²) in [4.78, 5) is 12.6. The number of aromatic nitrogens is 2. The van der Waals surface area contributed by atoms with Crippen LogP contribution in [0.1, 0.15) is 52.5 Å². The van der Waals surface area contributed by atoms with Gasteiger partial charge in [-0.05, 0) is 44.7 Å². The molecule has 1 aromatic heterocycles. The number of hydrogen-bond acceptors (Lipinski definition) is 6. The van der Waals surface area contributed by atoms with Crippen molar-refractivity contribution in [1.29, 1.82) is 0 Å². The summed E-state index contributed by atoms with van der Waals surface area (Å²) in [5, 5.41) is 15.1. The van der Waals surface area contributed by atoms with Crippen LogP contribution in [0.2, 0.25) is 0 Å². The number of thioether (sulfide) groups is 1. The molecule has 0 saturated carbocycles. The van der Waals surface area contributed by atoms with Crippen LogP contribution < -0.4 is 10.6 Å². The van der Waals surface area contributed by atoms with E-state index < -0.39 is 0 Å². The average molecular weight is 379 g/mol. The lowest BCUT2D eigenvalue weighted by Crippen LogP contribution is -2.23. The quantitative estimate of drug-likeness (QED) is 0.633. The van der Waals surface area contributed by atoms with E-state index in [1.165, 1.54) is 28.7 Å². The molecule has 1 amide bonds. The van der Waals surface area contributed by atoms with Crippen molar-refractivity contribution in [3.8, 4) is 0 Å². The standard InChI is InChI=1S/C18H26N4OS2/c1-6-12(4)14-9-7-8-10-15(14)20-16(23)13(5)24-18-22-21-17(25-18)19-11(2)3/h7-13H,6H2,1-5H3,(H,19,21)(H,20,23). The molecule has 2 N–H and O–H groups in total. The number of para-hydroxylation sites is 1. The lowest BCUT2D eigenvalue weighted by atomic mass is 9.97. The zero-order valence-electron chi connectivity index (χ0n) is 15.4. The molecule has 0 spiro atoms. The van der Waals surface area contributed by atoms with Gasteiger partial charge in [-0.15, -0.1) is 10.2 Å². The Morgan fingerprint density at radius 3 is 2.60 bits per heavy atom. The summed E-state index contributed by atoms with van der Waals surface area (Å²) in [6, 6.07) is 8.32. The van der Waals surface area contributed by atoms with Gasteiger partial charge in [0.25, 0.3) is 0 Å². The number of rotatable bonds is 8. The van der Waals surface area contributed by atoms with Crippen LogP contribution in [0, 0.1) is 0 Å². The first kappa shape index (κ1) is 19.7. The van der Waals surface area contributed by atoms with E-state index in [4.69, 9.17) is 0 Å². The predicted molar refractivity (Wildman–Crippen MR) is 108 cm³/mol. The van der Waals surface area contributed by atoms with Crippen LogP contribution in [-0.2, 0) is 4.79 Å². The van der Waals surface area contributed by atoms with Crippen LogP contribution in [0.25, 0.3) is 0 Å². The lowest BCUT2D eigenvalue weighted by Gasteiger charge is -2.17. The van der Waals surface area contributed by atoms with Gasteiger partial charge in [-0.3, -0.25) is 4.79 Å². The maximum atomic E-state index is 12.6. The number of amides is 1. The van der Waals surface area contributed by atoms with E-state index in [0.717, 1.165) is 21.6 Å². The minimum atomic E-state index is -0.246. The van der Waals surface area contributed by atoms with Gasteiger partial charge in [-0.25, -0.2) is 0 Å². The summed E-state index contributed by atoms with van der Waals surface area (Å²) in [5.74, 6) is 0.390. The highest BCUT2D eigenvalue weighted by molar-refractivity contribution is 8.02. The third-order valence-corrected chi connectivity index (χ3v) is 5.87. The fraction of sp³-hybridized carbons (Fsp3) is 0.500. The van der Waals surface area contributed by atoms with E-state index in [-0.39, 0.29) is 11.2 Å². The topological polar surface area (TPSA) is 66.9 Å². The van der Waals surface area contributed by atoms with Gasteiger partial charge in [0.2, 0.25) is 11.0 Å². The van der Waals surface area contributed by atoms with Gasteiger partial charge >= 0.3 is 0 Å². The molecular weight excluding hydrogens is 352 g/mol. The molecule has 1 aromatic carbocycles. The summed E-state index contributed by atoms with van der Waals surface area (Å²) < 4.78 is 0.793. The van der Waals surface area contributed by atoms with Crippen LogP contribution in [0.5, 0.6) is 0 Å². The van der Waals surface area contributed by atoms with Crippen molar-refractivity contribution in [3.05, 3.63) is 29.8 Å². The molecule has 136 valence electrons. The second-order valence-electron chi connectivity index (χ2n) is 6.32. The first-order chi connectivity index (χ1) is 11.9. The van der Waals surface area contributed by atoms with Crippen molar-refractivity contribution in [2.24, 2.45) is 0 Å². The van der Waals surface area contributed by atoms with E-state index in [9.17, 15) is 4.79 Å². The summed E-state index contributed by atoms with van der Waals surface area (Å²) >= 11 is 2.91. The molecule has 0 aliphatic carbocycles. The first-order valence-corrected chi connectivity index (χ1v) is 10.3. The molecule has 0 aliphatic rings. The number of nitrogens with zero attached hydrogens (tertiary/aromatic N) is 2. The number of benzene rings is 1. The Balaban J connectivity index is 2.00. The third-order valence-electron chi connectivity index (χ3n) is 3.83. The lowest BCUT2D eigenvalue weighted by molar-refractivity contribution is -0.115. The fourth-order valence-corrected chi connectivity index (χ4v) is 4.30. The van der Waals surface area contributed by atoms with Crippen LogP contribution in [-0.4, -0.2) is 27.4 Å². The van der Waals surface area contributed by atoms with Gasteiger partial charge in [0.1, 0.15) is 0 Å². The molecule has 7 heteroatoms. The molecule has 0 bridgehead atoms. The van der Waals surface area contributed by atoms with Crippen molar-refractivity contribution in [2.75, 3.05) is 10.6 Å². The second-order valence-corrected chi connectivity index (χ2v) is 8.88. The average Bonchev–Trinajstić information content (AvgIpc) is 3.00. The molecule has 0 saturated heterocycles. The van der Waals surface area contributed by atoms with Crippen molar-refractivity contribution >= 4 is 39.8 Å². The Kier molecular flexibility index (Phi) is 7.25. The molecule has 0 radical (unpaired) electrons. The van der Waals surface area contributed by atoms with E-state index in [0.29, 0.717) is 12.0 Å². The largest absolute Gasteiger partial charge is 0.358 e. The van der Waals surface area contributed by atoms with Gasteiger partial charge in [-0.2, -0.15) is 0 Å². The zero-order chi connectivity index (χ0) is 18.4. The molecule has 0 aliphatic heterocycles. The smallest absolute Gasteiger partial charge is 0.237 e. The number of hydrogen-bond donors (Lipinski definition) is 2. The van der Waals surface area contributed by atoms with Crippen molar-refractivity contribution < 1.29 is 4.79 Å². The molecule has 2 rings (SSSR count). The van der Waals surface area contributed by atoms with Crippen LogP contribution >= 0.6 is 23.1 Å². The summed E-state index contributed by atoms with van der Waals surface area (Å²) in [7, 11) is 0. The Bertz CT molecular complexity index is 702. The summed E-state index contributed by atoms with van der Waals surface area (Å²) in [5.41, 5.74) is 2.07. The first-order valence-electron chi connectivity index (χ1n) is 8.57. The zero-order valence-corrected chi connectivity index (χ0v) is 17.0. The van der Waals surface area contributed by atoms with Crippen LogP contribution in [0.4, 0.5) is 10.8 Å². The van der Waals surface area contributed by atoms with E-state index in [2.05, 4.69) is 54.6 Å². The van der Waals surface area contributed by atoms with E-state index in [1.54, 1.807) is 0 Å². The SMILES string of the molecule is CCC(C)c1ccccc1NC(=O)C(C)Sc1nnc(NC(C)C)s1. The highest BCUT2D eigenvalue weighted by Crippen LogP contribution is 2.31. The Morgan fingerprint density at radius 1 is 1.20 bits per heavy atom. The molecule has 5 nitrogen and oxygen atoms in total. The number of carbonyl (C=O) groups excluding carboxylic acids is 1. The molecule has 0 fully saturated rings. The Morgan fingerprint density at radius 2 is 1.92 bits per heavy atom. The Labute approximate surface area is 158 Å². The van der Waals surface area contributed by atoms with E-state index >= 15 is 0 Å². The maximum Gasteiger partial charge on any atom is 0.237 e. The normalized spacial score (nSPS) is 13.5. The highest BCUT2D eigenvalue weighted by atomic mass is 32.2. The number of anilines is 2. The highest BCUT2D eigenvalue weighted by Gasteiger charge is 2.19. The van der Waals surface area contributed by atoms with E-state index in [1.807, 2.05) is 25.1 Å². The molecule has 2 unspecified atom stereocenters.